The van der Waals surface area contributed by atoms with E-state index in [-0.39, 0.29) is 5.91 Å². The highest BCUT2D eigenvalue weighted by Crippen LogP contribution is 2.24. The summed E-state index contributed by atoms with van der Waals surface area (Å²) in [6, 6.07) is 6.02. The fourth-order valence-electron chi connectivity index (χ4n) is 0.917. The second-order valence-corrected chi connectivity index (χ2v) is 4.57. The van der Waals surface area contributed by atoms with Crippen LogP contribution in [0.2, 0.25) is 0 Å². The van der Waals surface area contributed by atoms with Gasteiger partial charge in [-0.3, -0.25) is 4.79 Å². The van der Waals surface area contributed by atoms with Gasteiger partial charge in [-0.15, -0.1) is 11.8 Å². The van der Waals surface area contributed by atoms with E-state index in [0.717, 1.165) is 14.2 Å². The number of anilines is 1. The minimum absolute atomic E-state index is 0.0313. The minimum atomic E-state index is -0.0313. The van der Waals surface area contributed by atoms with Crippen LogP contribution in [0.5, 0.6) is 0 Å². The number of benzene rings is 1. The van der Waals surface area contributed by atoms with Crippen molar-refractivity contribution in [3.05, 3.63) is 21.8 Å². The molecule has 0 saturated carbocycles. The van der Waals surface area contributed by atoms with Crippen LogP contribution in [0.4, 0.5) is 5.69 Å². The summed E-state index contributed by atoms with van der Waals surface area (Å²) < 4.78 is 1.06. The Kier molecular flexibility index (Phi) is 4.05. The van der Waals surface area contributed by atoms with Crippen molar-refractivity contribution in [2.45, 2.75) is 11.8 Å². The van der Waals surface area contributed by atoms with E-state index >= 15 is 0 Å². The number of halogens is 1. The lowest BCUT2D eigenvalue weighted by Gasteiger charge is -2.06. The van der Waals surface area contributed by atoms with Gasteiger partial charge in [0.25, 0.3) is 0 Å². The summed E-state index contributed by atoms with van der Waals surface area (Å²) >= 11 is 3.87. The maximum Gasteiger partial charge on any atom is 0.221 e. The number of thioether (sulfide) groups is 1. The molecule has 0 heterocycles. The van der Waals surface area contributed by atoms with E-state index in [1.165, 1.54) is 6.92 Å². The lowest BCUT2D eigenvalue weighted by Crippen LogP contribution is -2.07. The zero-order valence-corrected chi connectivity index (χ0v) is 10.4. The molecule has 0 radical (unpaired) electrons. The van der Waals surface area contributed by atoms with E-state index in [1.54, 1.807) is 11.8 Å². The number of carbonyl (C=O) groups excluding carboxylic acids is 1. The van der Waals surface area contributed by atoms with Gasteiger partial charge >= 0.3 is 0 Å². The van der Waals surface area contributed by atoms with E-state index in [2.05, 4.69) is 27.9 Å². The molecule has 0 spiro atoms. The van der Waals surface area contributed by atoms with Crippen molar-refractivity contribution in [3.63, 3.8) is 0 Å². The van der Waals surface area contributed by atoms with Crippen LogP contribution in [-0.4, -0.2) is 12.2 Å². The van der Waals surface area contributed by atoms with E-state index in [4.69, 9.17) is 0 Å². The summed E-state index contributed by atoms with van der Waals surface area (Å²) in [6.45, 7) is 1.52. The molecule has 0 aliphatic carbocycles. The largest absolute Gasteiger partial charge is 0.325 e. The lowest BCUT2D eigenvalue weighted by atomic mass is 10.3. The molecule has 1 rings (SSSR count). The van der Waals surface area contributed by atoms with Crippen LogP contribution in [0.25, 0.3) is 0 Å². The van der Waals surface area contributed by atoms with Gasteiger partial charge in [0.05, 0.1) is 5.69 Å². The molecule has 0 aliphatic rings. The first-order valence-electron chi connectivity index (χ1n) is 3.74. The van der Waals surface area contributed by atoms with E-state index in [9.17, 15) is 4.79 Å². The number of nitrogens with one attached hydrogen (secondary N) is 1. The molecule has 70 valence electrons. The third-order valence-corrected chi connectivity index (χ3v) is 3.15. The fourth-order valence-corrected chi connectivity index (χ4v) is 1.83. The van der Waals surface area contributed by atoms with Crippen LogP contribution in [0.1, 0.15) is 6.92 Å². The van der Waals surface area contributed by atoms with Gasteiger partial charge in [0, 0.05) is 15.4 Å². The summed E-state index contributed by atoms with van der Waals surface area (Å²) in [5.74, 6) is -0.0313. The summed E-state index contributed by atoms with van der Waals surface area (Å²) in [4.78, 5) is 12.0. The van der Waals surface area contributed by atoms with Gasteiger partial charge < -0.3 is 5.32 Å². The van der Waals surface area contributed by atoms with Crippen molar-refractivity contribution < 1.29 is 4.79 Å². The second kappa shape index (κ2) is 4.85. The Bertz CT molecular complexity index is 327. The van der Waals surface area contributed by atoms with Crippen LogP contribution in [0.3, 0.4) is 0 Å². The van der Waals surface area contributed by atoms with Crippen molar-refractivity contribution in [2.75, 3.05) is 11.6 Å². The molecule has 0 fully saturated rings. The average molecular weight is 307 g/mol. The van der Waals surface area contributed by atoms with Crippen LogP contribution in [-0.2, 0) is 4.79 Å². The topological polar surface area (TPSA) is 29.1 Å². The van der Waals surface area contributed by atoms with Crippen molar-refractivity contribution in [1.29, 1.82) is 0 Å². The first-order valence-corrected chi connectivity index (χ1v) is 6.05. The van der Waals surface area contributed by atoms with Crippen molar-refractivity contribution in [3.8, 4) is 0 Å². The number of hydrogen-bond acceptors (Lipinski definition) is 2. The monoisotopic (exact) mass is 307 g/mol. The highest BCUT2D eigenvalue weighted by atomic mass is 127. The molecule has 0 atom stereocenters. The van der Waals surface area contributed by atoms with Gasteiger partial charge in [0.1, 0.15) is 0 Å². The Morgan fingerprint density at radius 2 is 2.23 bits per heavy atom. The zero-order chi connectivity index (χ0) is 9.84. The Morgan fingerprint density at radius 3 is 2.77 bits per heavy atom. The van der Waals surface area contributed by atoms with Gasteiger partial charge in [0.15, 0.2) is 0 Å². The van der Waals surface area contributed by atoms with Crippen LogP contribution in [0, 0.1) is 3.57 Å². The Morgan fingerprint density at radius 1 is 1.54 bits per heavy atom. The van der Waals surface area contributed by atoms with Gasteiger partial charge in [-0.25, -0.2) is 0 Å². The van der Waals surface area contributed by atoms with E-state index in [0.29, 0.717) is 0 Å². The predicted molar refractivity (Wildman–Crippen MR) is 65.2 cm³/mol. The maximum absolute atomic E-state index is 10.8. The van der Waals surface area contributed by atoms with Crippen LogP contribution < -0.4 is 5.32 Å². The normalized spacial score (nSPS) is 9.77. The molecule has 0 aliphatic heterocycles. The number of hydrogen-bond donors (Lipinski definition) is 1. The Hall–Kier alpha value is -0.230. The standard InChI is InChI=1S/C9H10INOS/c1-6(12)11-9-5-7(13-2)3-4-8(9)10/h3-5H,1-2H3,(H,11,12). The SMILES string of the molecule is CSc1ccc(I)c(NC(C)=O)c1. The molecule has 0 aromatic heterocycles. The molecule has 0 unspecified atom stereocenters. The summed E-state index contributed by atoms with van der Waals surface area (Å²) in [6.07, 6.45) is 2.01. The zero-order valence-electron chi connectivity index (χ0n) is 7.43. The minimum Gasteiger partial charge on any atom is -0.325 e. The van der Waals surface area contributed by atoms with Crippen molar-refractivity contribution in [1.82, 2.24) is 0 Å². The van der Waals surface area contributed by atoms with Crippen molar-refractivity contribution >= 4 is 45.9 Å². The molecule has 1 N–H and O–H groups in total. The Balaban J connectivity index is 2.96. The van der Waals surface area contributed by atoms with Crippen LogP contribution in [0.15, 0.2) is 23.1 Å². The number of rotatable bonds is 2. The Labute approximate surface area is 95.6 Å². The lowest BCUT2D eigenvalue weighted by molar-refractivity contribution is -0.114. The molecule has 0 bridgehead atoms. The quantitative estimate of drug-likeness (QED) is 0.672. The molecule has 13 heavy (non-hydrogen) atoms. The summed E-state index contributed by atoms with van der Waals surface area (Å²) in [5.41, 5.74) is 0.889. The molecular formula is C9H10INOS. The van der Waals surface area contributed by atoms with E-state index < -0.39 is 0 Å². The highest BCUT2D eigenvalue weighted by molar-refractivity contribution is 14.1. The maximum atomic E-state index is 10.8. The molecule has 0 saturated heterocycles. The van der Waals surface area contributed by atoms with Crippen LogP contribution >= 0.6 is 34.4 Å². The molecule has 1 amide bonds. The van der Waals surface area contributed by atoms with E-state index in [1.807, 2.05) is 24.5 Å². The first-order chi connectivity index (χ1) is 6.13. The second-order valence-electron chi connectivity index (χ2n) is 2.53. The molecule has 2 nitrogen and oxygen atoms in total. The summed E-state index contributed by atoms with van der Waals surface area (Å²) in [5, 5.41) is 2.79. The average Bonchev–Trinajstić information content (AvgIpc) is 2.08. The third-order valence-electron chi connectivity index (χ3n) is 1.48. The first kappa shape index (κ1) is 10.8. The number of amides is 1. The number of carbonyl (C=O) groups is 1. The van der Waals surface area contributed by atoms with Crippen molar-refractivity contribution in [2.24, 2.45) is 0 Å². The van der Waals surface area contributed by atoms with Gasteiger partial charge in [-0.2, -0.15) is 0 Å². The molecule has 1 aromatic rings. The predicted octanol–water partition coefficient (Wildman–Crippen LogP) is 2.97. The van der Waals surface area contributed by atoms with Gasteiger partial charge in [0.2, 0.25) is 5.91 Å². The van der Waals surface area contributed by atoms with Gasteiger partial charge in [-0.05, 0) is 47.0 Å². The third kappa shape index (κ3) is 3.19. The molecule has 4 heteroatoms. The smallest absolute Gasteiger partial charge is 0.221 e. The highest BCUT2D eigenvalue weighted by Gasteiger charge is 2.02. The molecule has 1 aromatic carbocycles. The summed E-state index contributed by atoms with van der Waals surface area (Å²) in [7, 11) is 0. The molecular weight excluding hydrogens is 297 g/mol. The van der Waals surface area contributed by atoms with Gasteiger partial charge in [-0.1, -0.05) is 0 Å². The fraction of sp³-hybridized carbons (Fsp3) is 0.222.